The van der Waals surface area contributed by atoms with Gasteiger partial charge in [0.2, 0.25) is 0 Å². The van der Waals surface area contributed by atoms with E-state index < -0.39 is 0 Å². The molecule has 0 bridgehead atoms. The Morgan fingerprint density at radius 1 is 0.818 bits per heavy atom. The number of hydrogen-bond donors (Lipinski definition) is 1. The molecule has 0 fully saturated rings. The Hall–Kier alpha value is -4.51. The molecule has 5 aromatic rings. The summed E-state index contributed by atoms with van der Waals surface area (Å²) in [5.41, 5.74) is 7.48. The number of fused-ring (bicyclic) bond motifs is 4. The zero-order chi connectivity index (χ0) is 22.4. The Balaban J connectivity index is 1.23. The molecule has 0 unspecified atom stereocenters. The molecule has 4 aromatic carbocycles. The van der Waals surface area contributed by atoms with Crippen molar-refractivity contribution < 1.29 is 4.79 Å². The van der Waals surface area contributed by atoms with E-state index in [9.17, 15) is 9.59 Å². The number of carbonyl (C=O) groups is 1. The van der Waals surface area contributed by atoms with Gasteiger partial charge in [0, 0.05) is 11.3 Å². The molecule has 0 saturated heterocycles. The fourth-order valence-corrected chi connectivity index (χ4v) is 4.45. The van der Waals surface area contributed by atoms with E-state index in [-0.39, 0.29) is 11.5 Å². The first-order valence-electron chi connectivity index (χ1n) is 10.8. The van der Waals surface area contributed by atoms with Gasteiger partial charge >= 0.3 is 0 Å². The molecule has 1 amide bonds. The van der Waals surface area contributed by atoms with Gasteiger partial charge in [0.15, 0.2) is 0 Å². The molecule has 1 aliphatic carbocycles. The standard InChI is InChI=1S/C28H19N3O2/c32-27(30-21-11-14-24-20(16-21)15-19-5-1-2-6-23(19)24)18-9-12-22(13-10-18)31-17-29-26-8-4-3-7-25(26)28(31)33/h1-14,16-17H,15H2,(H,30,32). The number of para-hydroxylation sites is 1. The van der Waals surface area contributed by atoms with Gasteiger partial charge < -0.3 is 5.32 Å². The molecule has 0 radical (unpaired) electrons. The third-order valence-corrected chi connectivity index (χ3v) is 6.12. The maximum atomic E-state index is 12.8. The van der Waals surface area contributed by atoms with Crippen molar-refractivity contribution in [3.63, 3.8) is 0 Å². The van der Waals surface area contributed by atoms with Crippen molar-refractivity contribution in [2.45, 2.75) is 6.42 Å². The van der Waals surface area contributed by atoms with Crippen LogP contribution < -0.4 is 10.9 Å². The molecule has 6 rings (SSSR count). The summed E-state index contributed by atoms with van der Waals surface area (Å²) in [6.07, 6.45) is 2.39. The Bertz CT molecular complexity index is 1600. The van der Waals surface area contributed by atoms with Crippen molar-refractivity contribution in [1.29, 1.82) is 0 Å². The minimum Gasteiger partial charge on any atom is -0.322 e. The molecule has 1 heterocycles. The lowest BCUT2D eigenvalue weighted by Crippen LogP contribution is -2.19. The quantitative estimate of drug-likeness (QED) is 0.420. The first-order chi connectivity index (χ1) is 16.2. The van der Waals surface area contributed by atoms with Gasteiger partial charge in [0.25, 0.3) is 11.5 Å². The zero-order valence-corrected chi connectivity index (χ0v) is 17.7. The third-order valence-electron chi connectivity index (χ3n) is 6.12. The van der Waals surface area contributed by atoms with E-state index >= 15 is 0 Å². The van der Waals surface area contributed by atoms with Gasteiger partial charge in [-0.3, -0.25) is 14.2 Å². The van der Waals surface area contributed by atoms with Gasteiger partial charge in [-0.15, -0.1) is 0 Å². The first kappa shape index (κ1) is 19.2. The Labute approximate surface area is 190 Å². The van der Waals surface area contributed by atoms with Crippen LogP contribution in [0.1, 0.15) is 21.5 Å². The van der Waals surface area contributed by atoms with Gasteiger partial charge in [-0.25, -0.2) is 4.98 Å². The maximum Gasteiger partial charge on any atom is 0.265 e. The van der Waals surface area contributed by atoms with E-state index in [1.165, 1.54) is 33.1 Å². The highest BCUT2D eigenvalue weighted by Gasteiger charge is 2.18. The predicted molar refractivity (Wildman–Crippen MR) is 130 cm³/mol. The summed E-state index contributed by atoms with van der Waals surface area (Å²) < 4.78 is 1.49. The summed E-state index contributed by atoms with van der Waals surface area (Å²) in [5, 5.41) is 3.55. The highest BCUT2D eigenvalue weighted by atomic mass is 16.1. The van der Waals surface area contributed by atoms with Gasteiger partial charge in [0.1, 0.15) is 6.33 Å². The van der Waals surface area contributed by atoms with Crippen LogP contribution in [0, 0.1) is 0 Å². The monoisotopic (exact) mass is 429 g/mol. The maximum absolute atomic E-state index is 12.8. The molecule has 0 spiro atoms. The van der Waals surface area contributed by atoms with Gasteiger partial charge in [-0.2, -0.15) is 0 Å². The molecule has 0 aliphatic heterocycles. The third kappa shape index (κ3) is 3.31. The predicted octanol–water partition coefficient (Wildman–Crippen LogP) is 5.21. The highest BCUT2D eigenvalue weighted by molar-refractivity contribution is 6.04. The number of carbonyl (C=O) groups excluding carboxylic acids is 1. The zero-order valence-electron chi connectivity index (χ0n) is 17.7. The molecular weight excluding hydrogens is 410 g/mol. The minimum atomic E-state index is -0.194. The molecule has 1 aliphatic rings. The molecular formula is C28H19N3O2. The van der Waals surface area contributed by atoms with Gasteiger partial charge in [0.05, 0.1) is 16.6 Å². The molecule has 0 saturated carbocycles. The largest absolute Gasteiger partial charge is 0.322 e. The molecule has 1 N–H and O–H groups in total. The summed E-state index contributed by atoms with van der Waals surface area (Å²) in [6.45, 7) is 0. The molecule has 5 nitrogen and oxygen atoms in total. The summed E-state index contributed by atoms with van der Waals surface area (Å²) >= 11 is 0. The highest BCUT2D eigenvalue weighted by Crippen LogP contribution is 2.37. The van der Waals surface area contributed by atoms with E-state index in [1.54, 1.807) is 30.3 Å². The second kappa shape index (κ2) is 7.57. The number of rotatable bonds is 3. The minimum absolute atomic E-state index is 0.142. The normalized spacial score (nSPS) is 11.8. The van der Waals surface area contributed by atoms with Gasteiger partial charge in [-0.1, -0.05) is 42.5 Å². The van der Waals surface area contributed by atoms with E-state index in [1.807, 2.05) is 30.3 Å². The summed E-state index contributed by atoms with van der Waals surface area (Å²) in [4.78, 5) is 30.0. The van der Waals surface area contributed by atoms with Gasteiger partial charge in [-0.05, 0) is 77.2 Å². The average Bonchev–Trinajstić information content (AvgIpc) is 3.22. The lowest BCUT2D eigenvalue weighted by Gasteiger charge is -2.10. The van der Waals surface area contributed by atoms with Crippen LogP contribution in [0.15, 0.2) is 102 Å². The fourth-order valence-electron chi connectivity index (χ4n) is 4.45. The van der Waals surface area contributed by atoms with Crippen LogP contribution in [-0.4, -0.2) is 15.5 Å². The van der Waals surface area contributed by atoms with E-state index in [0.29, 0.717) is 22.2 Å². The first-order valence-corrected chi connectivity index (χ1v) is 10.8. The Morgan fingerprint density at radius 2 is 1.58 bits per heavy atom. The lowest BCUT2D eigenvalue weighted by atomic mass is 10.1. The number of amides is 1. The second-order valence-electron chi connectivity index (χ2n) is 8.14. The summed E-state index contributed by atoms with van der Waals surface area (Å²) in [7, 11) is 0. The van der Waals surface area contributed by atoms with Crippen LogP contribution >= 0.6 is 0 Å². The smallest absolute Gasteiger partial charge is 0.265 e. The number of anilines is 1. The SMILES string of the molecule is O=C(Nc1ccc2c(c1)Cc1ccccc1-2)c1ccc(-n2cnc3ccccc3c2=O)cc1. The average molecular weight is 429 g/mol. The van der Waals surface area contributed by atoms with Crippen LogP contribution in [-0.2, 0) is 6.42 Å². The van der Waals surface area contributed by atoms with Crippen LogP contribution in [0.5, 0.6) is 0 Å². The Kier molecular flexibility index (Phi) is 4.40. The number of nitrogens with zero attached hydrogens (tertiary/aromatic N) is 2. The Morgan fingerprint density at radius 3 is 2.45 bits per heavy atom. The summed E-state index contributed by atoms with van der Waals surface area (Å²) in [6, 6.07) is 28.6. The number of nitrogens with one attached hydrogen (secondary N) is 1. The molecule has 0 atom stereocenters. The molecule has 158 valence electrons. The lowest BCUT2D eigenvalue weighted by molar-refractivity contribution is 0.102. The van der Waals surface area contributed by atoms with Crippen molar-refractivity contribution in [1.82, 2.24) is 9.55 Å². The van der Waals surface area contributed by atoms with Crippen LogP contribution in [0.4, 0.5) is 5.69 Å². The van der Waals surface area contributed by atoms with Crippen LogP contribution in [0.2, 0.25) is 0 Å². The molecule has 5 heteroatoms. The van der Waals surface area contributed by atoms with E-state index in [2.05, 4.69) is 40.6 Å². The number of benzene rings is 4. The second-order valence-corrected chi connectivity index (χ2v) is 8.14. The van der Waals surface area contributed by atoms with Crippen molar-refractivity contribution in [2.75, 3.05) is 5.32 Å². The topological polar surface area (TPSA) is 64.0 Å². The van der Waals surface area contributed by atoms with E-state index in [0.717, 1.165) is 12.1 Å². The number of hydrogen-bond acceptors (Lipinski definition) is 3. The van der Waals surface area contributed by atoms with Crippen molar-refractivity contribution in [2.24, 2.45) is 0 Å². The van der Waals surface area contributed by atoms with Crippen LogP contribution in [0.25, 0.3) is 27.7 Å². The number of aromatic nitrogens is 2. The van der Waals surface area contributed by atoms with E-state index in [4.69, 9.17) is 0 Å². The molecule has 1 aromatic heterocycles. The van der Waals surface area contributed by atoms with Crippen LogP contribution in [0.3, 0.4) is 0 Å². The molecule has 33 heavy (non-hydrogen) atoms. The van der Waals surface area contributed by atoms with Crippen molar-refractivity contribution in [3.05, 3.63) is 124 Å². The van der Waals surface area contributed by atoms with Crippen molar-refractivity contribution >= 4 is 22.5 Å². The fraction of sp³-hybridized carbons (Fsp3) is 0.0357. The van der Waals surface area contributed by atoms with Crippen molar-refractivity contribution in [3.8, 4) is 16.8 Å². The summed E-state index contributed by atoms with van der Waals surface area (Å²) in [5.74, 6) is -0.194.